The van der Waals surface area contributed by atoms with Crippen molar-refractivity contribution in [3.63, 3.8) is 0 Å². The standard InChI is InChI=1S/C20H20N2O2S/c1-13(2)14-8-10-15(11-9-14)20-22-17(12-25-20)19(23)21-16-6-4-5-7-18(16)24-3/h4-13H,1-3H3,(H,21,23). The molecule has 4 nitrogen and oxygen atoms in total. The Hall–Kier alpha value is -2.66. The third-order valence-electron chi connectivity index (χ3n) is 3.92. The van der Waals surface area contributed by atoms with Crippen molar-refractivity contribution in [2.75, 3.05) is 12.4 Å². The fraction of sp³-hybridized carbons (Fsp3) is 0.200. The number of anilines is 1. The number of carbonyl (C=O) groups is 1. The minimum Gasteiger partial charge on any atom is -0.495 e. The van der Waals surface area contributed by atoms with Crippen LogP contribution in [0.5, 0.6) is 5.75 Å². The highest BCUT2D eigenvalue weighted by Crippen LogP contribution is 2.27. The molecule has 0 radical (unpaired) electrons. The van der Waals surface area contributed by atoms with Crippen LogP contribution < -0.4 is 10.1 Å². The molecule has 0 aliphatic rings. The first-order valence-corrected chi connectivity index (χ1v) is 8.96. The van der Waals surface area contributed by atoms with Gasteiger partial charge in [-0.1, -0.05) is 50.2 Å². The molecule has 3 rings (SSSR count). The lowest BCUT2D eigenvalue weighted by Crippen LogP contribution is -2.13. The van der Waals surface area contributed by atoms with Crippen LogP contribution in [-0.2, 0) is 0 Å². The molecule has 1 N–H and O–H groups in total. The second kappa shape index (κ2) is 7.49. The second-order valence-electron chi connectivity index (χ2n) is 5.97. The largest absolute Gasteiger partial charge is 0.495 e. The number of nitrogens with one attached hydrogen (secondary N) is 1. The quantitative estimate of drug-likeness (QED) is 0.687. The number of amides is 1. The molecule has 25 heavy (non-hydrogen) atoms. The smallest absolute Gasteiger partial charge is 0.275 e. The first-order chi connectivity index (χ1) is 12.1. The van der Waals surface area contributed by atoms with E-state index in [1.807, 2.05) is 12.1 Å². The van der Waals surface area contributed by atoms with Crippen molar-refractivity contribution in [2.45, 2.75) is 19.8 Å². The zero-order chi connectivity index (χ0) is 17.8. The molecule has 0 saturated carbocycles. The molecule has 0 aliphatic heterocycles. The van der Waals surface area contributed by atoms with E-state index in [1.165, 1.54) is 16.9 Å². The summed E-state index contributed by atoms with van der Waals surface area (Å²) in [4.78, 5) is 16.9. The summed E-state index contributed by atoms with van der Waals surface area (Å²) in [5.41, 5.74) is 3.34. The highest BCUT2D eigenvalue weighted by Gasteiger charge is 2.14. The van der Waals surface area contributed by atoms with Gasteiger partial charge in [-0.25, -0.2) is 4.98 Å². The van der Waals surface area contributed by atoms with Crippen molar-refractivity contribution in [3.8, 4) is 16.3 Å². The third kappa shape index (κ3) is 3.88. The molecule has 0 unspecified atom stereocenters. The van der Waals surface area contributed by atoms with Crippen LogP contribution in [0.3, 0.4) is 0 Å². The van der Waals surface area contributed by atoms with Crippen LogP contribution in [-0.4, -0.2) is 18.0 Å². The van der Waals surface area contributed by atoms with E-state index in [9.17, 15) is 4.79 Å². The lowest BCUT2D eigenvalue weighted by atomic mass is 10.0. The number of carbonyl (C=O) groups excluding carboxylic acids is 1. The van der Waals surface area contributed by atoms with E-state index in [0.717, 1.165) is 10.6 Å². The van der Waals surface area contributed by atoms with E-state index in [0.29, 0.717) is 23.0 Å². The van der Waals surface area contributed by atoms with Crippen molar-refractivity contribution in [2.24, 2.45) is 0 Å². The molecule has 0 bridgehead atoms. The van der Waals surface area contributed by atoms with E-state index in [-0.39, 0.29) is 5.91 Å². The van der Waals surface area contributed by atoms with Crippen LogP contribution in [0.25, 0.3) is 10.6 Å². The molecule has 0 atom stereocenters. The molecule has 2 aromatic carbocycles. The predicted molar refractivity (Wildman–Crippen MR) is 103 cm³/mol. The average Bonchev–Trinajstić information content (AvgIpc) is 3.12. The second-order valence-corrected chi connectivity index (χ2v) is 6.83. The summed E-state index contributed by atoms with van der Waals surface area (Å²) in [6.07, 6.45) is 0. The Morgan fingerprint density at radius 3 is 2.52 bits per heavy atom. The van der Waals surface area contributed by atoms with Gasteiger partial charge in [0.1, 0.15) is 16.5 Å². The van der Waals surface area contributed by atoms with Crippen molar-refractivity contribution < 1.29 is 9.53 Å². The van der Waals surface area contributed by atoms with E-state index >= 15 is 0 Å². The highest BCUT2D eigenvalue weighted by atomic mass is 32.1. The first-order valence-electron chi connectivity index (χ1n) is 8.08. The molecule has 1 heterocycles. The number of methoxy groups -OCH3 is 1. The number of hydrogen-bond donors (Lipinski definition) is 1. The molecule has 0 fully saturated rings. The van der Waals surface area contributed by atoms with Gasteiger partial charge in [0.15, 0.2) is 0 Å². The Balaban J connectivity index is 1.77. The van der Waals surface area contributed by atoms with E-state index in [2.05, 4.69) is 48.4 Å². The van der Waals surface area contributed by atoms with Gasteiger partial charge in [-0.15, -0.1) is 11.3 Å². The van der Waals surface area contributed by atoms with Crippen LogP contribution in [0.2, 0.25) is 0 Å². The zero-order valence-corrected chi connectivity index (χ0v) is 15.3. The minimum absolute atomic E-state index is 0.245. The fourth-order valence-electron chi connectivity index (χ4n) is 2.46. The third-order valence-corrected chi connectivity index (χ3v) is 4.81. The summed E-state index contributed by atoms with van der Waals surface area (Å²) in [7, 11) is 1.58. The Morgan fingerprint density at radius 2 is 1.84 bits per heavy atom. The number of nitrogens with zero attached hydrogens (tertiary/aromatic N) is 1. The van der Waals surface area contributed by atoms with Crippen molar-refractivity contribution in [1.29, 1.82) is 0 Å². The summed E-state index contributed by atoms with van der Waals surface area (Å²) < 4.78 is 5.25. The van der Waals surface area contributed by atoms with Gasteiger partial charge in [-0.3, -0.25) is 4.79 Å². The summed E-state index contributed by atoms with van der Waals surface area (Å²) >= 11 is 1.46. The molecule has 1 amide bonds. The molecule has 5 heteroatoms. The molecule has 0 saturated heterocycles. The minimum atomic E-state index is -0.245. The van der Waals surface area contributed by atoms with Gasteiger partial charge < -0.3 is 10.1 Å². The fourth-order valence-corrected chi connectivity index (χ4v) is 3.26. The maximum atomic E-state index is 12.4. The monoisotopic (exact) mass is 352 g/mol. The Labute approximate surface area is 151 Å². The Bertz CT molecular complexity index is 869. The molecular weight excluding hydrogens is 332 g/mol. The van der Waals surface area contributed by atoms with E-state index in [4.69, 9.17) is 4.74 Å². The van der Waals surface area contributed by atoms with Crippen molar-refractivity contribution in [1.82, 2.24) is 4.98 Å². The van der Waals surface area contributed by atoms with Gasteiger partial charge in [0.2, 0.25) is 0 Å². The van der Waals surface area contributed by atoms with Gasteiger partial charge in [0, 0.05) is 10.9 Å². The molecular formula is C20H20N2O2S. The Kier molecular flexibility index (Phi) is 5.14. The van der Waals surface area contributed by atoms with Gasteiger partial charge in [-0.2, -0.15) is 0 Å². The van der Waals surface area contributed by atoms with Gasteiger partial charge >= 0.3 is 0 Å². The average molecular weight is 352 g/mol. The summed E-state index contributed by atoms with van der Waals surface area (Å²) in [6, 6.07) is 15.6. The van der Waals surface area contributed by atoms with Crippen LogP contribution in [0, 0.1) is 0 Å². The highest BCUT2D eigenvalue weighted by molar-refractivity contribution is 7.13. The number of ether oxygens (including phenoxy) is 1. The SMILES string of the molecule is COc1ccccc1NC(=O)c1csc(-c2ccc(C(C)C)cc2)n1. The Morgan fingerprint density at radius 1 is 1.12 bits per heavy atom. The van der Waals surface area contributed by atoms with Crippen molar-refractivity contribution in [3.05, 3.63) is 65.2 Å². The molecule has 128 valence electrons. The first kappa shape index (κ1) is 17.2. The lowest BCUT2D eigenvalue weighted by molar-refractivity contribution is 0.102. The predicted octanol–water partition coefficient (Wildman–Crippen LogP) is 5.19. The van der Waals surface area contributed by atoms with E-state index < -0.39 is 0 Å². The molecule has 0 spiro atoms. The number of hydrogen-bond acceptors (Lipinski definition) is 4. The molecule has 3 aromatic rings. The van der Waals surface area contributed by atoms with Gasteiger partial charge in [-0.05, 0) is 23.6 Å². The number of thiazole rings is 1. The van der Waals surface area contributed by atoms with E-state index in [1.54, 1.807) is 24.6 Å². The summed E-state index contributed by atoms with van der Waals surface area (Å²) in [6.45, 7) is 4.33. The van der Waals surface area contributed by atoms with Gasteiger partial charge in [0.25, 0.3) is 5.91 Å². The zero-order valence-electron chi connectivity index (χ0n) is 14.4. The number of benzene rings is 2. The summed E-state index contributed by atoms with van der Waals surface area (Å²) in [5.74, 6) is 0.869. The number of rotatable bonds is 5. The lowest BCUT2D eigenvalue weighted by Gasteiger charge is -2.08. The number of para-hydroxylation sites is 2. The van der Waals surface area contributed by atoms with Crippen LogP contribution in [0.15, 0.2) is 53.9 Å². The topological polar surface area (TPSA) is 51.2 Å². The van der Waals surface area contributed by atoms with Crippen LogP contribution in [0.1, 0.15) is 35.8 Å². The van der Waals surface area contributed by atoms with Gasteiger partial charge in [0.05, 0.1) is 12.8 Å². The molecule has 1 aromatic heterocycles. The maximum absolute atomic E-state index is 12.4. The summed E-state index contributed by atoms with van der Waals surface area (Å²) in [5, 5.41) is 5.45. The van der Waals surface area contributed by atoms with Crippen molar-refractivity contribution >= 4 is 22.9 Å². The molecule has 0 aliphatic carbocycles. The van der Waals surface area contributed by atoms with Crippen LogP contribution >= 0.6 is 11.3 Å². The normalized spacial score (nSPS) is 10.7. The van der Waals surface area contributed by atoms with Crippen LogP contribution in [0.4, 0.5) is 5.69 Å². The number of aromatic nitrogens is 1. The maximum Gasteiger partial charge on any atom is 0.275 e.